The summed E-state index contributed by atoms with van der Waals surface area (Å²) in [6, 6.07) is 5.15. The van der Waals surface area contributed by atoms with Crippen LogP contribution in [0.25, 0.3) is 0 Å². The number of primary amides is 1. The number of carbonyl (C=O) groups excluding carboxylic acids is 1. The molecule has 0 unspecified atom stereocenters. The first kappa shape index (κ1) is 13.4. The fourth-order valence-corrected chi connectivity index (χ4v) is 1.60. The SMILES string of the molecule is CCCCCNc1cc(C(N)=O)ccc1OC. The van der Waals surface area contributed by atoms with E-state index in [1.54, 1.807) is 25.3 Å². The fourth-order valence-electron chi connectivity index (χ4n) is 1.60. The van der Waals surface area contributed by atoms with Crippen molar-refractivity contribution < 1.29 is 9.53 Å². The van der Waals surface area contributed by atoms with E-state index in [0.717, 1.165) is 24.4 Å². The van der Waals surface area contributed by atoms with Crippen molar-refractivity contribution in [1.29, 1.82) is 0 Å². The molecular formula is C13H20N2O2. The summed E-state index contributed by atoms with van der Waals surface area (Å²) in [5.41, 5.74) is 6.55. The van der Waals surface area contributed by atoms with Crippen LogP contribution < -0.4 is 15.8 Å². The molecule has 1 aromatic carbocycles. The van der Waals surface area contributed by atoms with Gasteiger partial charge in [0.1, 0.15) is 5.75 Å². The molecule has 1 amide bonds. The highest BCUT2D eigenvalue weighted by Gasteiger charge is 2.06. The number of unbranched alkanes of at least 4 members (excludes halogenated alkanes) is 2. The molecule has 1 aromatic rings. The molecule has 0 radical (unpaired) electrons. The van der Waals surface area contributed by atoms with Gasteiger partial charge in [0.05, 0.1) is 12.8 Å². The number of rotatable bonds is 7. The molecule has 4 heteroatoms. The highest BCUT2D eigenvalue weighted by molar-refractivity contribution is 5.94. The number of nitrogens with one attached hydrogen (secondary N) is 1. The van der Waals surface area contributed by atoms with Crippen LogP contribution in [-0.2, 0) is 0 Å². The van der Waals surface area contributed by atoms with E-state index in [-0.39, 0.29) is 0 Å². The molecule has 1 rings (SSSR count). The Hall–Kier alpha value is -1.71. The standard InChI is InChI=1S/C13H20N2O2/c1-3-4-5-8-15-11-9-10(13(14)16)6-7-12(11)17-2/h6-7,9,15H,3-5,8H2,1-2H3,(H2,14,16). The number of hydrogen-bond donors (Lipinski definition) is 2. The molecule has 0 saturated carbocycles. The number of amides is 1. The Labute approximate surface area is 102 Å². The summed E-state index contributed by atoms with van der Waals surface area (Å²) in [4.78, 5) is 11.1. The smallest absolute Gasteiger partial charge is 0.248 e. The lowest BCUT2D eigenvalue weighted by atomic mass is 10.1. The number of methoxy groups -OCH3 is 1. The lowest BCUT2D eigenvalue weighted by Gasteiger charge is -2.11. The van der Waals surface area contributed by atoms with Gasteiger partial charge in [-0.3, -0.25) is 4.79 Å². The van der Waals surface area contributed by atoms with Crippen molar-refractivity contribution in [3.8, 4) is 5.75 Å². The molecule has 0 aliphatic rings. The lowest BCUT2D eigenvalue weighted by Crippen LogP contribution is -2.12. The van der Waals surface area contributed by atoms with Crippen molar-refractivity contribution in [2.45, 2.75) is 26.2 Å². The second-order valence-electron chi connectivity index (χ2n) is 3.91. The van der Waals surface area contributed by atoms with Gasteiger partial charge in [0, 0.05) is 12.1 Å². The quantitative estimate of drug-likeness (QED) is 0.714. The maximum Gasteiger partial charge on any atom is 0.248 e. The summed E-state index contributed by atoms with van der Waals surface area (Å²) >= 11 is 0. The number of hydrogen-bond acceptors (Lipinski definition) is 3. The van der Waals surface area contributed by atoms with E-state index in [2.05, 4.69) is 12.2 Å². The molecule has 0 bridgehead atoms. The molecule has 17 heavy (non-hydrogen) atoms. The maximum absolute atomic E-state index is 11.1. The van der Waals surface area contributed by atoms with Crippen LogP contribution >= 0.6 is 0 Å². The van der Waals surface area contributed by atoms with Gasteiger partial charge in [0.25, 0.3) is 0 Å². The minimum absolute atomic E-state index is 0.427. The first-order valence-corrected chi connectivity index (χ1v) is 5.90. The molecule has 0 spiro atoms. The molecule has 0 saturated heterocycles. The third-order valence-electron chi connectivity index (χ3n) is 2.58. The first-order valence-electron chi connectivity index (χ1n) is 5.90. The molecule has 3 N–H and O–H groups in total. The predicted molar refractivity (Wildman–Crippen MR) is 69.5 cm³/mol. The Morgan fingerprint density at radius 3 is 2.76 bits per heavy atom. The fraction of sp³-hybridized carbons (Fsp3) is 0.462. The van der Waals surface area contributed by atoms with Gasteiger partial charge in [-0.25, -0.2) is 0 Å². The average molecular weight is 236 g/mol. The van der Waals surface area contributed by atoms with Crippen LogP contribution in [-0.4, -0.2) is 19.6 Å². The second kappa shape index (κ2) is 6.78. The van der Waals surface area contributed by atoms with Gasteiger partial charge < -0.3 is 15.8 Å². The zero-order valence-corrected chi connectivity index (χ0v) is 10.5. The van der Waals surface area contributed by atoms with E-state index in [1.807, 2.05) is 0 Å². The molecule has 0 fully saturated rings. The third-order valence-corrected chi connectivity index (χ3v) is 2.58. The predicted octanol–water partition coefficient (Wildman–Crippen LogP) is 2.40. The molecule has 0 heterocycles. The van der Waals surface area contributed by atoms with Gasteiger partial charge in [-0.1, -0.05) is 19.8 Å². The third kappa shape index (κ3) is 3.98. The minimum atomic E-state index is -0.427. The van der Waals surface area contributed by atoms with Crippen molar-refractivity contribution in [2.75, 3.05) is 19.0 Å². The van der Waals surface area contributed by atoms with E-state index >= 15 is 0 Å². The average Bonchev–Trinajstić information content (AvgIpc) is 2.34. The van der Waals surface area contributed by atoms with Gasteiger partial charge in [0.2, 0.25) is 5.91 Å². The van der Waals surface area contributed by atoms with Crippen molar-refractivity contribution >= 4 is 11.6 Å². The Kier molecular flexibility index (Phi) is 5.33. The van der Waals surface area contributed by atoms with Gasteiger partial charge >= 0.3 is 0 Å². The summed E-state index contributed by atoms with van der Waals surface area (Å²) in [6.07, 6.45) is 3.46. The zero-order valence-electron chi connectivity index (χ0n) is 10.5. The van der Waals surface area contributed by atoms with Gasteiger partial charge in [0.15, 0.2) is 0 Å². The van der Waals surface area contributed by atoms with Crippen LogP contribution in [0.3, 0.4) is 0 Å². The van der Waals surface area contributed by atoms with E-state index in [0.29, 0.717) is 5.56 Å². The normalized spacial score (nSPS) is 10.0. The largest absolute Gasteiger partial charge is 0.495 e. The van der Waals surface area contributed by atoms with Crippen LogP contribution in [0.4, 0.5) is 5.69 Å². The van der Waals surface area contributed by atoms with E-state index in [1.165, 1.54) is 12.8 Å². The van der Waals surface area contributed by atoms with Gasteiger partial charge in [-0.05, 0) is 24.6 Å². The Morgan fingerprint density at radius 2 is 2.18 bits per heavy atom. The Balaban J connectivity index is 2.72. The van der Waals surface area contributed by atoms with Gasteiger partial charge in [-0.2, -0.15) is 0 Å². The van der Waals surface area contributed by atoms with Crippen LogP contribution in [0.15, 0.2) is 18.2 Å². The molecule has 0 aliphatic heterocycles. The Morgan fingerprint density at radius 1 is 1.41 bits per heavy atom. The van der Waals surface area contributed by atoms with Crippen LogP contribution in [0.1, 0.15) is 36.5 Å². The topological polar surface area (TPSA) is 64.3 Å². The van der Waals surface area contributed by atoms with Gasteiger partial charge in [-0.15, -0.1) is 0 Å². The van der Waals surface area contributed by atoms with Crippen molar-refractivity contribution in [1.82, 2.24) is 0 Å². The highest BCUT2D eigenvalue weighted by atomic mass is 16.5. The number of ether oxygens (including phenoxy) is 1. The summed E-state index contributed by atoms with van der Waals surface area (Å²) in [7, 11) is 1.61. The van der Waals surface area contributed by atoms with E-state index in [4.69, 9.17) is 10.5 Å². The summed E-state index contributed by atoms with van der Waals surface area (Å²) < 4.78 is 5.22. The second-order valence-corrected chi connectivity index (χ2v) is 3.91. The maximum atomic E-state index is 11.1. The summed E-state index contributed by atoms with van der Waals surface area (Å²) in [6.45, 7) is 3.03. The van der Waals surface area contributed by atoms with E-state index < -0.39 is 5.91 Å². The molecule has 4 nitrogen and oxygen atoms in total. The molecular weight excluding hydrogens is 216 g/mol. The first-order chi connectivity index (χ1) is 8.19. The van der Waals surface area contributed by atoms with Crippen LogP contribution in [0, 0.1) is 0 Å². The molecule has 94 valence electrons. The molecule has 0 atom stereocenters. The number of carbonyl (C=O) groups is 1. The number of nitrogens with two attached hydrogens (primary N) is 1. The van der Waals surface area contributed by atoms with Crippen LogP contribution in [0.2, 0.25) is 0 Å². The summed E-state index contributed by atoms with van der Waals surface area (Å²) in [5.74, 6) is 0.302. The lowest BCUT2D eigenvalue weighted by molar-refractivity contribution is 0.100. The van der Waals surface area contributed by atoms with Crippen LogP contribution in [0.5, 0.6) is 5.75 Å². The number of benzene rings is 1. The minimum Gasteiger partial charge on any atom is -0.495 e. The van der Waals surface area contributed by atoms with Crippen molar-refractivity contribution in [3.05, 3.63) is 23.8 Å². The molecule has 0 aliphatic carbocycles. The summed E-state index contributed by atoms with van der Waals surface area (Å²) in [5, 5.41) is 3.26. The monoisotopic (exact) mass is 236 g/mol. The number of anilines is 1. The van der Waals surface area contributed by atoms with Crippen molar-refractivity contribution in [2.24, 2.45) is 5.73 Å². The zero-order chi connectivity index (χ0) is 12.7. The molecule has 0 aromatic heterocycles. The van der Waals surface area contributed by atoms with E-state index in [9.17, 15) is 4.79 Å². The Bertz CT molecular complexity index is 378. The highest BCUT2D eigenvalue weighted by Crippen LogP contribution is 2.25. The van der Waals surface area contributed by atoms with Crippen molar-refractivity contribution in [3.63, 3.8) is 0 Å².